The van der Waals surface area contributed by atoms with Crippen LogP contribution in [0.5, 0.6) is 0 Å². The third-order valence-electron chi connectivity index (χ3n) is 4.15. The molecule has 1 unspecified atom stereocenters. The zero-order chi connectivity index (χ0) is 16.2. The first-order valence-electron chi connectivity index (χ1n) is 7.90. The molecule has 0 aromatic heterocycles. The van der Waals surface area contributed by atoms with E-state index in [0.717, 1.165) is 22.5 Å². The summed E-state index contributed by atoms with van der Waals surface area (Å²) in [6, 6.07) is 7.95. The highest BCUT2D eigenvalue weighted by atomic mass is 79.9. The fourth-order valence-electron chi connectivity index (χ4n) is 2.99. The molecule has 0 radical (unpaired) electrons. The maximum Gasteiger partial charge on any atom is 0.179 e. The smallest absolute Gasteiger partial charge is 0.179 e. The minimum absolute atomic E-state index is 0.243. The Kier molecular flexibility index (Phi) is 5.96. The summed E-state index contributed by atoms with van der Waals surface area (Å²) in [6.07, 6.45) is 3.92. The van der Waals surface area contributed by atoms with Crippen LogP contribution in [0.15, 0.2) is 28.7 Å². The quantitative estimate of drug-likeness (QED) is 0.734. The van der Waals surface area contributed by atoms with E-state index in [2.05, 4.69) is 26.1 Å². The minimum Gasteiger partial charge on any atom is -0.332 e. The van der Waals surface area contributed by atoms with Crippen LogP contribution in [0, 0.1) is 5.41 Å². The van der Waals surface area contributed by atoms with Gasteiger partial charge in [-0.2, -0.15) is 0 Å². The summed E-state index contributed by atoms with van der Waals surface area (Å²) in [4.78, 5) is 4.49. The number of amidine groups is 1. The Morgan fingerprint density at radius 1 is 1.35 bits per heavy atom. The van der Waals surface area contributed by atoms with Gasteiger partial charge in [-0.25, -0.2) is 0 Å². The zero-order valence-corrected chi connectivity index (χ0v) is 16.1. The van der Waals surface area contributed by atoms with Crippen LogP contribution in [0.3, 0.4) is 0 Å². The van der Waals surface area contributed by atoms with Gasteiger partial charge in [0.05, 0.1) is 11.1 Å². The van der Waals surface area contributed by atoms with Gasteiger partial charge in [0.1, 0.15) is 5.84 Å². The van der Waals surface area contributed by atoms with Gasteiger partial charge < -0.3 is 10.2 Å². The lowest BCUT2D eigenvalue weighted by molar-refractivity contribution is 0.216. The molecule has 2 aliphatic rings. The molecule has 3 rings (SSSR count). The summed E-state index contributed by atoms with van der Waals surface area (Å²) in [6.45, 7) is 3.32. The van der Waals surface area contributed by atoms with E-state index in [4.69, 9.17) is 17.6 Å². The van der Waals surface area contributed by atoms with Gasteiger partial charge in [-0.3, -0.25) is 10.3 Å². The van der Waals surface area contributed by atoms with E-state index in [9.17, 15) is 0 Å². The molecule has 1 atom stereocenters. The van der Waals surface area contributed by atoms with Crippen LogP contribution in [-0.2, 0) is 0 Å². The molecule has 4 nitrogen and oxygen atoms in total. The molecule has 1 aromatic carbocycles. The predicted octanol–water partition coefficient (Wildman–Crippen LogP) is 3.98. The van der Waals surface area contributed by atoms with Crippen molar-refractivity contribution in [3.63, 3.8) is 0 Å². The van der Waals surface area contributed by atoms with E-state index in [1.807, 2.05) is 40.9 Å². The average molecular weight is 413 g/mol. The van der Waals surface area contributed by atoms with Gasteiger partial charge in [-0.15, -0.1) is 11.8 Å². The lowest BCUT2D eigenvalue weighted by Gasteiger charge is -2.33. The number of benzene rings is 1. The standard InChI is InChI=1S/C16H21BrN4S2/c17-12-5-4-6-13(9-12)19-16(22)21-14(18)11-23-15(21)10-20-7-2-1-3-8-20/h4-6,9,15,18H,1-3,7-8,10-11H2,(H,19,22). The molecule has 2 fully saturated rings. The van der Waals surface area contributed by atoms with Crippen molar-refractivity contribution in [2.75, 3.05) is 30.7 Å². The molecule has 124 valence electrons. The minimum atomic E-state index is 0.243. The first kappa shape index (κ1) is 17.2. The number of halogens is 1. The molecule has 0 amide bonds. The van der Waals surface area contributed by atoms with Gasteiger partial charge in [0.2, 0.25) is 0 Å². The second-order valence-electron chi connectivity index (χ2n) is 5.88. The Bertz CT molecular complexity index is 589. The fraction of sp³-hybridized carbons (Fsp3) is 0.500. The van der Waals surface area contributed by atoms with Crippen LogP contribution in [0.4, 0.5) is 5.69 Å². The van der Waals surface area contributed by atoms with E-state index in [1.54, 1.807) is 0 Å². The highest BCUT2D eigenvalue weighted by Crippen LogP contribution is 2.28. The van der Waals surface area contributed by atoms with Crippen LogP contribution < -0.4 is 5.32 Å². The highest BCUT2D eigenvalue weighted by Gasteiger charge is 2.33. The second-order valence-corrected chi connectivity index (χ2v) is 8.35. The average Bonchev–Trinajstić information content (AvgIpc) is 2.89. The van der Waals surface area contributed by atoms with Gasteiger partial charge in [-0.05, 0) is 56.3 Å². The molecule has 2 heterocycles. The molecular formula is C16H21BrN4S2. The van der Waals surface area contributed by atoms with Crippen molar-refractivity contribution in [1.82, 2.24) is 9.80 Å². The number of hydrogen-bond donors (Lipinski definition) is 2. The lowest BCUT2D eigenvalue weighted by atomic mass is 10.1. The van der Waals surface area contributed by atoms with Gasteiger partial charge in [0.15, 0.2) is 5.11 Å². The van der Waals surface area contributed by atoms with E-state index in [-0.39, 0.29) is 5.37 Å². The zero-order valence-electron chi connectivity index (χ0n) is 12.9. The maximum atomic E-state index is 8.24. The number of thiocarbonyl (C=S) groups is 1. The molecule has 0 aliphatic carbocycles. The summed E-state index contributed by atoms with van der Waals surface area (Å²) < 4.78 is 1.01. The third-order valence-corrected chi connectivity index (χ3v) is 6.13. The molecule has 7 heteroatoms. The SMILES string of the molecule is N=C1CSC(CN2CCCCC2)N1C(=S)Nc1cccc(Br)c1. The van der Waals surface area contributed by atoms with Crippen molar-refractivity contribution in [3.8, 4) is 0 Å². The van der Waals surface area contributed by atoms with Crippen LogP contribution in [0.2, 0.25) is 0 Å². The number of piperidine rings is 1. The van der Waals surface area contributed by atoms with E-state index in [0.29, 0.717) is 10.9 Å². The van der Waals surface area contributed by atoms with Crippen LogP contribution >= 0.6 is 39.9 Å². The molecule has 2 N–H and O–H groups in total. The maximum absolute atomic E-state index is 8.24. The third kappa shape index (κ3) is 4.47. The highest BCUT2D eigenvalue weighted by molar-refractivity contribution is 9.10. The number of nitrogens with zero attached hydrogens (tertiary/aromatic N) is 2. The Hall–Kier alpha value is -0.630. The van der Waals surface area contributed by atoms with Crippen molar-refractivity contribution in [2.45, 2.75) is 24.6 Å². The molecule has 1 aromatic rings. The van der Waals surface area contributed by atoms with Crippen molar-refractivity contribution in [3.05, 3.63) is 28.7 Å². The number of rotatable bonds is 3. The Balaban J connectivity index is 1.65. The molecule has 0 spiro atoms. The molecule has 2 saturated heterocycles. The van der Waals surface area contributed by atoms with E-state index >= 15 is 0 Å². The van der Waals surface area contributed by atoms with Gasteiger partial charge in [0, 0.05) is 16.7 Å². The van der Waals surface area contributed by atoms with Gasteiger partial charge >= 0.3 is 0 Å². The molecular weight excluding hydrogens is 392 g/mol. The number of thioether (sulfide) groups is 1. The number of anilines is 1. The first-order chi connectivity index (χ1) is 11.1. The summed E-state index contributed by atoms with van der Waals surface area (Å²) >= 11 is 10.9. The Morgan fingerprint density at radius 3 is 2.87 bits per heavy atom. The molecule has 0 bridgehead atoms. The van der Waals surface area contributed by atoms with Crippen LogP contribution in [-0.4, -0.2) is 51.5 Å². The van der Waals surface area contributed by atoms with Crippen molar-refractivity contribution in [2.24, 2.45) is 0 Å². The number of hydrogen-bond acceptors (Lipinski definition) is 4. The summed E-state index contributed by atoms with van der Waals surface area (Å²) in [5.74, 6) is 1.34. The van der Waals surface area contributed by atoms with E-state index in [1.165, 1.54) is 32.4 Å². The number of nitrogens with one attached hydrogen (secondary N) is 2. The first-order valence-corrected chi connectivity index (χ1v) is 10.2. The second kappa shape index (κ2) is 7.96. The van der Waals surface area contributed by atoms with Crippen molar-refractivity contribution < 1.29 is 0 Å². The summed E-state index contributed by atoms with van der Waals surface area (Å²) in [5, 5.41) is 12.4. The normalized spacial score (nSPS) is 22.4. The monoisotopic (exact) mass is 412 g/mol. The summed E-state index contributed by atoms with van der Waals surface area (Å²) in [7, 11) is 0. The lowest BCUT2D eigenvalue weighted by Crippen LogP contribution is -2.46. The summed E-state index contributed by atoms with van der Waals surface area (Å²) in [5.41, 5.74) is 0.950. The Morgan fingerprint density at radius 2 is 2.13 bits per heavy atom. The largest absolute Gasteiger partial charge is 0.332 e. The van der Waals surface area contributed by atoms with Crippen molar-refractivity contribution in [1.29, 1.82) is 5.41 Å². The van der Waals surface area contributed by atoms with E-state index < -0.39 is 0 Å². The topological polar surface area (TPSA) is 42.4 Å². The van der Waals surface area contributed by atoms with Gasteiger partial charge in [-0.1, -0.05) is 28.4 Å². The van der Waals surface area contributed by atoms with Gasteiger partial charge in [0.25, 0.3) is 0 Å². The predicted molar refractivity (Wildman–Crippen MR) is 106 cm³/mol. The van der Waals surface area contributed by atoms with Crippen LogP contribution in [0.25, 0.3) is 0 Å². The molecule has 2 aliphatic heterocycles. The fourth-order valence-corrected chi connectivity index (χ4v) is 5.00. The van der Waals surface area contributed by atoms with Crippen molar-refractivity contribution >= 4 is 56.5 Å². The van der Waals surface area contributed by atoms with Crippen LogP contribution in [0.1, 0.15) is 19.3 Å². The molecule has 0 saturated carbocycles. The number of likely N-dealkylation sites (tertiary alicyclic amines) is 1. The molecule has 23 heavy (non-hydrogen) atoms. The Labute approximate surface area is 155 Å².